The van der Waals surface area contributed by atoms with E-state index in [0.29, 0.717) is 0 Å². The molecule has 6 nitrogen and oxygen atoms in total. The lowest BCUT2D eigenvalue weighted by atomic mass is 10.1. The highest BCUT2D eigenvalue weighted by Gasteiger charge is 2.26. The highest BCUT2D eigenvalue weighted by Crippen LogP contribution is 2.36. The lowest BCUT2D eigenvalue weighted by Crippen LogP contribution is -2.44. The summed E-state index contributed by atoms with van der Waals surface area (Å²) in [6.07, 6.45) is 6.33. The molecule has 0 unspecified atom stereocenters. The molecule has 26 heavy (non-hydrogen) atoms. The van der Waals surface area contributed by atoms with Gasteiger partial charge in [-0.1, -0.05) is 12.8 Å². The van der Waals surface area contributed by atoms with E-state index < -0.39 is 0 Å². The molecule has 0 aliphatic carbocycles. The van der Waals surface area contributed by atoms with Crippen molar-refractivity contribution in [2.45, 2.75) is 32.6 Å². The van der Waals surface area contributed by atoms with Crippen molar-refractivity contribution in [1.29, 1.82) is 0 Å². The summed E-state index contributed by atoms with van der Waals surface area (Å²) in [5.41, 5.74) is 1.05. The van der Waals surface area contributed by atoms with Crippen LogP contribution in [0.5, 0.6) is 0 Å². The molecule has 140 valence electrons. The number of likely N-dealkylation sites (N-methyl/N-ethyl adjacent to an activating group) is 1. The number of rotatable bonds is 2. The van der Waals surface area contributed by atoms with Gasteiger partial charge in [-0.25, -0.2) is 9.97 Å². The predicted octanol–water partition coefficient (Wildman–Crippen LogP) is 2.77. The van der Waals surface area contributed by atoms with Gasteiger partial charge >= 0.3 is 0 Å². The molecule has 2 aromatic heterocycles. The molecule has 0 aromatic carbocycles. The second-order valence-electron chi connectivity index (χ2n) is 7.43. The largest absolute Gasteiger partial charge is 0.353 e. The minimum Gasteiger partial charge on any atom is -0.353 e. The van der Waals surface area contributed by atoms with E-state index in [1.165, 1.54) is 24.2 Å². The predicted molar refractivity (Wildman–Crippen MR) is 106 cm³/mol. The molecule has 1 amide bonds. The van der Waals surface area contributed by atoms with Crippen LogP contribution in [0.25, 0.3) is 10.2 Å². The average Bonchev–Trinajstić information content (AvgIpc) is 2.84. The quantitative estimate of drug-likeness (QED) is 0.810. The number of nitrogens with zero attached hydrogens (tertiary/aromatic N) is 5. The van der Waals surface area contributed by atoms with Crippen LogP contribution in [-0.2, 0) is 0 Å². The second kappa shape index (κ2) is 7.48. The molecule has 0 atom stereocenters. The number of piperazine rings is 1. The fraction of sp³-hybridized carbons (Fsp3) is 0.632. The Morgan fingerprint density at radius 3 is 2.38 bits per heavy atom. The average molecular weight is 374 g/mol. The van der Waals surface area contributed by atoms with Gasteiger partial charge in [0, 0.05) is 39.3 Å². The molecule has 7 heteroatoms. The van der Waals surface area contributed by atoms with Gasteiger partial charge in [-0.15, -0.1) is 11.3 Å². The Morgan fingerprint density at radius 1 is 1.00 bits per heavy atom. The number of fused-ring (bicyclic) bond motifs is 1. The summed E-state index contributed by atoms with van der Waals surface area (Å²) in [5, 5.41) is 1.07. The lowest BCUT2D eigenvalue weighted by molar-refractivity contribution is 0.0766. The van der Waals surface area contributed by atoms with E-state index in [-0.39, 0.29) is 5.91 Å². The molecule has 2 aliphatic heterocycles. The first-order valence-corrected chi connectivity index (χ1v) is 10.4. The van der Waals surface area contributed by atoms with Gasteiger partial charge in [0.25, 0.3) is 5.91 Å². The zero-order chi connectivity index (χ0) is 18.1. The summed E-state index contributed by atoms with van der Waals surface area (Å²) >= 11 is 1.53. The topological polar surface area (TPSA) is 52.6 Å². The van der Waals surface area contributed by atoms with Gasteiger partial charge < -0.3 is 14.7 Å². The molecular formula is C19H27N5OS. The summed E-state index contributed by atoms with van der Waals surface area (Å²) in [6.45, 7) is 7.82. The van der Waals surface area contributed by atoms with Crippen molar-refractivity contribution in [2.24, 2.45) is 0 Å². The van der Waals surface area contributed by atoms with Crippen molar-refractivity contribution >= 4 is 33.3 Å². The number of aryl methyl sites for hydroxylation is 1. The van der Waals surface area contributed by atoms with Crippen molar-refractivity contribution < 1.29 is 4.79 Å². The van der Waals surface area contributed by atoms with Gasteiger partial charge in [-0.3, -0.25) is 4.79 Å². The van der Waals surface area contributed by atoms with Crippen LogP contribution in [0.3, 0.4) is 0 Å². The summed E-state index contributed by atoms with van der Waals surface area (Å²) in [7, 11) is 2.15. The maximum absolute atomic E-state index is 13.1. The number of carbonyl (C=O) groups is 1. The molecule has 0 N–H and O–H groups in total. The third-order valence-corrected chi connectivity index (χ3v) is 6.78. The maximum atomic E-state index is 13.1. The highest BCUT2D eigenvalue weighted by molar-refractivity contribution is 7.20. The van der Waals surface area contributed by atoms with Crippen LogP contribution in [0.15, 0.2) is 6.33 Å². The van der Waals surface area contributed by atoms with E-state index in [0.717, 1.165) is 78.6 Å². The smallest absolute Gasteiger partial charge is 0.264 e. The van der Waals surface area contributed by atoms with E-state index in [1.807, 2.05) is 4.90 Å². The molecule has 4 rings (SSSR count). The number of likely N-dealkylation sites (tertiary alicyclic amines) is 1. The molecule has 2 fully saturated rings. The summed E-state index contributed by atoms with van der Waals surface area (Å²) in [6, 6.07) is 0. The van der Waals surface area contributed by atoms with Crippen molar-refractivity contribution in [3.63, 3.8) is 0 Å². The Bertz CT molecular complexity index is 789. The van der Waals surface area contributed by atoms with Crippen molar-refractivity contribution in [1.82, 2.24) is 19.8 Å². The Balaban J connectivity index is 1.68. The van der Waals surface area contributed by atoms with E-state index in [4.69, 9.17) is 0 Å². The molecular weight excluding hydrogens is 346 g/mol. The minimum atomic E-state index is 0.178. The van der Waals surface area contributed by atoms with E-state index in [9.17, 15) is 4.79 Å². The van der Waals surface area contributed by atoms with Gasteiger partial charge in [0.1, 0.15) is 17.0 Å². The third-order valence-electron chi connectivity index (χ3n) is 5.60. The number of aromatic nitrogens is 2. The van der Waals surface area contributed by atoms with Crippen LogP contribution in [0.1, 0.15) is 40.9 Å². The normalized spacial score (nSPS) is 19.8. The van der Waals surface area contributed by atoms with E-state index in [2.05, 4.69) is 33.7 Å². The van der Waals surface area contributed by atoms with Crippen molar-refractivity contribution in [2.75, 3.05) is 51.2 Å². The monoisotopic (exact) mass is 373 g/mol. The van der Waals surface area contributed by atoms with Crippen LogP contribution in [0.2, 0.25) is 0 Å². The Labute approximate surface area is 158 Å². The number of hydrogen-bond donors (Lipinski definition) is 0. The summed E-state index contributed by atoms with van der Waals surface area (Å²) in [4.78, 5) is 30.7. The molecule has 0 spiro atoms. The van der Waals surface area contributed by atoms with Gasteiger partial charge in [-0.05, 0) is 32.4 Å². The van der Waals surface area contributed by atoms with E-state index >= 15 is 0 Å². The summed E-state index contributed by atoms with van der Waals surface area (Å²) < 4.78 is 0. The molecule has 4 heterocycles. The standard InChI is InChI=1S/C19H27N5OS/c1-14-15-17(23-11-9-22(2)10-12-23)20-13-21-18(15)26-16(14)19(25)24-7-5-3-4-6-8-24/h13H,3-12H2,1-2H3. The van der Waals surface area contributed by atoms with Gasteiger partial charge in [0.15, 0.2) is 0 Å². The van der Waals surface area contributed by atoms with Crippen molar-refractivity contribution in [3.05, 3.63) is 16.8 Å². The first kappa shape index (κ1) is 17.7. The molecule has 2 saturated heterocycles. The number of carbonyl (C=O) groups excluding carboxylic acids is 1. The number of thiophene rings is 1. The SMILES string of the molecule is Cc1c(C(=O)N2CCCCCC2)sc2ncnc(N3CCN(C)CC3)c12. The fourth-order valence-electron chi connectivity index (χ4n) is 3.93. The Hall–Kier alpha value is -1.73. The molecule has 2 aliphatic rings. The Morgan fingerprint density at radius 2 is 1.69 bits per heavy atom. The van der Waals surface area contributed by atoms with Gasteiger partial charge in [0.05, 0.1) is 10.3 Å². The van der Waals surface area contributed by atoms with Gasteiger partial charge in [-0.2, -0.15) is 0 Å². The second-order valence-corrected chi connectivity index (χ2v) is 8.43. The first-order chi connectivity index (χ1) is 12.6. The number of anilines is 1. The zero-order valence-corrected chi connectivity index (χ0v) is 16.5. The van der Waals surface area contributed by atoms with Crippen LogP contribution >= 0.6 is 11.3 Å². The third kappa shape index (κ3) is 3.30. The maximum Gasteiger partial charge on any atom is 0.264 e. The fourth-order valence-corrected chi connectivity index (χ4v) is 5.04. The van der Waals surface area contributed by atoms with E-state index in [1.54, 1.807) is 6.33 Å². The molecule has 0 bridgehead atoms. The number of hydrogen-bond acceptors (Lipinski definition) is 6. The minimum absolute atomic E-state index is 0.178. The van der Waals surface area contributed by atoms with Crippen LogP contribution in [0, 0.1) is 6.92 Å². The first-order valence-electron chi connectivity index (χ1n) is 9.62. The molecule has 0 radical (unpaired) electrons. The van der Waals surface area contributed by atoms with Gasteiger partial charge in [0.2, 0.25) is 0 Å². The zero-order valence-electron chi connectivity index (χ0n) is 15.7. The summed E-state index contributed by atoms with van der Waals surface area (Å²) in [5.74, 6) is 1.17. The highest BCUT2D eigenvalue weighted by atomic mass is 32.1. The van der Waals surface area contributed by atoms with Crippen LogP contribution in [0.4, 0.5) is 5.82 Å². The Kier molecular flexibility index (Phi) is 5.09. The van der Waals surface area contributed by atoms with Crippen LogP contribution in [-0.4, -0.2) is 72.0 Å². The molecule has 2 aromatic rings. The lowest BCUT2D eigenvalue weighted by Gasteiger charge is -2.33. The molecule has 0 saturated carbocycles. The van der Waals surface area contributed by atoms with Crippen LogP contribution < -0.4 is 4.90 Å². The number of amides is 1. The van der Waals surface area contributed by atoms with Crippen molar-refractivity contribution in [3.8, 4) is 0 Å².